The summed E-state index contributed by atoms with van der Waals surface area (Å²) in [4.78, 5) is 70.4. The zero-order valence-corrected chi connectivity index (χ0v) is 19.5. The van der Waals surface area contributed by atoms with Crippen molar-refractivity contribution in [3.63, 3.8) is 0 Å². The maximum Gasteiger partial charge on any atom is 0.326 e. The molecule has 0 aromatic rings. The van der Waals surface area contributed by atoms with E-state index in [9.17, 15) is 33.9 Å². The van der Waals surface area contributed by atoms with Gasteiger partial charge < -0.3 is 42.7 Å². The molecule has 0 radical (unpaired) electrons. The molecule has 0 aromatic carbocycles. The molecule has 0 fully saturated rings. The topological polar surface area (TPSA) is 251 Å². The Bertz CT molecular complexity index is 737. The van der Waals surface area contributed by atoms with Crippen LogP contribution in [-0.2, 0) is 28.8 Å². The van der Waals surface area contributed by atoms with Gasteiger partial charge in [-0.3, -0.25) is 24.0 Å². The van der Waals surface area contributed by atoms with Crippen molar-refractivity contribution in [3.8, 4) is 0 Å². The molecule has 0 aliphatic heterocycles. The predicted octanol–water partition coefficient (Wildman–Crippen LogP) is -2.36. The molecule has 0 saturated heterocycles. The Hall–Kier alpha value is -2.91. The van der Waals surface area contributed by atoms with Crippen molar-refractivity contribution >= 4 is 48.3 Å². The molecule has 10 N–H and O–H groups in total. The molecule has 0 saturated carbocycles. The Morgan fingerprint density at radius 3 is 1.65 bits per heavy atom. The second-order valence-corrected chi connectivity index (χ2v) is 7.83. The van der Waals surface area contributed by atoms with Gasteiger partial charge in [-0.2, -0.15) is 12.6 Å². The van der Waals surface area contributed by atoms with Crippen LogP contribution in [0.2, 0.25) is 0 Å². The van der Waals surface area contributed by atoms with Crippen molar-refractivity contribution in [2.24, 2.45) is 11.5 Å². The molecule has 14 nitrogen and oxygen atoms in total. The molecule has 4 atom stereocenters. The molecule has 0 bridgehead atoms. The Morgan fingerprint density at radius 2 is 1.18 bits per heavy atom. The van der Waals surface area contributed by atoms with Crippen molar-refractivity contribution < 1.29 is 44.1 Å². The second kappa shape index (κ2) is 16.7. The van der Waals surface area contributed by atoms with Crippen molar-refractivity contribution in [1.29, 1.82) is 0 Å². The van der Waals surface area contributed by atoms with Crippen LogP contribution in [-0.4, -0.2) is 87.4 Å². The van der Waals surface area contributed by atoms with E-state index in [-0.39, 0.29) is 18.6 Å². The molecule has 34 heavy (non-hydrogen) atoms. The molecule has 0 spiro atoms. The number of nitrogens with two attached hydrogens (primary N) is 2. The fraction of sp³-hybridized carbons (Fsp3) is 0.684. The van der Waals surface area contributed by atoms with Gasteiger partial charge in [0.05, 0.1) is 6.04 Å². The molecule has 15 heteroatoms. The SMILES string of the molecule is NCCCCC(N)C(=O)NC(CCC(=O)O)C(=O)NC(CS)C(=O)NC(CCC(=O)O)C(=O)O. The van der Waals surface area contributed by atoms with Crippen LogP contribution in [0.25, 0.3) is 0 Å². The predicted molar refractivity (Wildman–Crippen MR) is 122 cm³/mol. The maximum atomic E-state index is 12.7. The number of unbranched alkanes of at least 4 members (excludes halogenated alkanes) is 1. The van der Waals surface area contributed by atoms with E-state index in [1.807, 2.05) is 0 Å². The highest BCUT2D eigenvalue weighted by Gasteiger charge is 2.30. The molecule has 0 rings (SSSR count). The number of nitrogens with one attached hydrogen (secondary N) is 3. The van der Waals surface area contributed by atoms with Crippen LogP contribution in [0.1, 0.15) is 44.9 Å². The van der Waals surface area contributed by atoms with Gasteiger partial charge in [-0.1, -0.05) is 6.42 Å². The average molecular weight is 508 g/mol. The van der Waals surface area contributed by atoms with Crippen molar-refractivity contribution in [2.75, 3.05) is 12.3 Å². The number of amides is 3. The first kappa shape index (κ1) is 31.1. The lowest BCUT2D eigenvalue weighted by atomic mass is 10.1. The van der Waals surface area contributed by atoms with Crippen LogP contribution < -0.4 is 27.4 Å². The zero-order chi connectivity index (χ0) is 26.3. The molecule has 0 aromatic heterocycles. The van der Waals surface area contributed by atoms with Crippen LogP contribution in [0.5, 0.6) is 0 Å². The largest absolute Gasteiger partial charge is 0.481 e. The van der Waals surface area contributed by atoms with Gasteiger partial charge in [0.2, 0.25) is 17.7 Å². The minimum absolute atomic E-state index is 0.263. The Kier molecular flexibility index (Phi) is 15.2. The van der Waals surface area contributed by atoms with Gasteiger partial charge in [0.25, 0.3) is 0 Å². The van der Waals surface area contributed by atoms with Gasteiger partial charge in [0, 0.05) is 18.6 Å². The van der Waals surface area contributed by atoms with E-state index in [2.05, 4.69) is 28.6 Å². The monoisotopic (exact) mass is 507 g/mol. The van der Waals surface area contributed by atoms with E-state index >= 15 is 0 Å². The van der Waals surface area contributed by atoms with E-state index in [1.54, 1.807) is 0 Å². The maximum absolute atomic E-state index is 12.7. The molecule has 4 unspecified atom stereocenters. The molecule has 0 aliphatic rings. The lowest BCUT2D eigenvalue weighted by Gasteiger charge is -2.24. The summed E-state index contributed by atoms with van der Waals surface area (Å²) in [5.41, 5.74) is 11.2. The zero-order valence-electron chi connectivity index (χ0n) is 18.6. The third-order valence-electron chi connectivity index (χ3n) is 4.66. The standard InChI is InChI=1S/C19H33N5O9S/c20-8-2-1-3-10(21)16(29)22-11(4-6-14(25)26)17(30)24-13(9-34)18(31)23-12(19(32)33)5-7-15(27)28/h10-13,34H,1-9,20-21H2,(H,22,29)(H,23,31)(H,24,30)(H,25,26)(H,27,28)(H,32,33). The fourth-order valence-electron chi connectivity index (χ4n) is 2.72. The Balaban J connectivity index is 5.24. The molecular formula is C19H33N5O9S. The second-order valence-electron chi connectivity index (χ2n) is 7.46. The summed E-state index contributed by atoms with van der Waals surface area (Å²) in [6.45, 7) is 0.421. The van der Waals surface area contributed by atoms with Crippen LogP contribution >= 0.6 is 12.6 Å². The quantitative estimate of drug-likeness (QED) is 0.0700. The van der Waals surface area contributed by atoms with Gasteiger partial charge in [0.1, 0.15) is 18.1 Å². The van der Waals surface area contributed by atoms with Crippen LogP contribution in [0.4, 0.5) is 0 Å². The minimum atomic E-state index is -1.52. The number of carboxylic acid groups (broad SMARTS) is 3. The highest BCUT2D eigenvalue weighted by atomic mass is 32.1. The van der Waals surface area contributed by atoms with E-state index in [4.69, 9.17) is 21.7 Å². The summed E-state index contributed by atoms with van der Waals surface area (Å²) >= 11 is 3.96. The molecular weight excluding hydrogens is 474 g/mol. The summed E-state index contributed by atoms with van der Waals surface area (Å²) in [6.07, 6.45) is -0.135. The number of carbonyl (C=O) groups excluding carboxylic acids is 3. The van der Waals surface area contributed by atoms with Gasteiger partial charge in [-0.15, -0.1) is 0 Å². The first-order valence-corrected chi connectivity index (χ1v) is 11.2. The normalized spacial score (nSPS) is 14.2. The summed E-state index contributed by atoms with van der Waals surface area (Å²) in [5, 5.41) is 33.6. The lowest BCUT2D eigenvalue weighted by molar-refractivity contribution is -0.143. The van der Waals surface area contributed by atoms with Crippen molar-refractivity contribution in [2.45, 2.75) is 69.1 Å². The number of rotatable bonds is 18. The number of hydrogen-bond donors (Lipinski definition) is 9. The average Bonchev–Trinajstić information content (AvgIpc) is 2.76. The van der Waals surface area contributed by atoms with Gasteiger partial charge in [0.15, 0.2) is 0 Å². The van der Waals surface area contributed by atoms with E-state index in [1.165, 1.54) is 0 Å². The number of carbonyl (C=O) groups is 6. The van der Waals surface area contributed by atoms with Crippen molar-refractivity contribution in [1.82, 2.24) is 16.0 Å². The van der Waals surface area contributed by atoms with Gasteiger partial charge in [-0.05, 0) is 32.2 Å². The fourth-order valence-corrected chi connectivity index (χ4v) is 2.98. The number of thiol groups is 1. The lowest BCUT2D eigenvalue weighted by Crippen LogP contribution is -2.57. The summed E-state index contributed by atoms with van der Waals surface area (Å²) in [7, 11) is 0. The Morgan fingerprint density at radius 1 is 0.706 bits per heavy atom. The van der Waals surface area contributed by atoms with E-state index in [0.717, 1.165) is 0 Å². The molecule has 194 valence electrons. The summed E-state index contributed by atoms with van der Waals surface area (Å²) in [5.74, 6) is -6.72. The number of carboxylic acids is 3. The molecule has 3 amide bonds. The summed E-state index contributed by atoms with van der Waals surface area (Å²) < 4.78 is 0. The Labute approximate surface area is 201 Å². The third kappa shape index (κ3) is 13.0. The number of aliphatic carboxylic acids is 3. The smallest absolute Gasteiger partial charge is 0.326 e. The van der Waals surface area contributed by atoms with Crippen molar-refractivity contribution in [3.05, 3.63) is 0 Å². The van der Waals surface area contributed by atoms with Crippen LogP contribution in [0.15, 0.2) is 0 Å². The van der Waals surface area contributed by atoms with Crippen LogP contribution in [0, 0.1) is 0 Å². The van der Waals surface area contributed by atoms with Gasteiger partial charge in [-0.25, -0.2) is 4.79 Å². The highest BCUT2D eigenvalue weighted by Crippen LogP contribution is 2.05. The van der Waals surface area contributed by atoms with E-state index < -0.39 is 72.6 Å². The molecule has 0 aliphatic carbocycles. The summed E-state index contributed by atoms with van der Waals surface area (Å²) in [6, 6.07) is -5.15. The third-order valence-corrected chi connectivity index (χ3v) is 5.03. The first-order chi connectivity index (χ1) is 15.9. The van der Waals surface area contributed by atoms with Crippen LogP contribution in [0.3, 0.4) is 0 Å². The van der Waals surface area contributed by atoms with E-state index in [0.29, 0.717) is 25.8 Å². The molecule has 0 heterocycles. The van der Waals surface area contributed by atoms with Gasteiger partial charge >= 0.3 is 17.9 Å². The number of hydrogen-bond acceptors (Lipinski definition) is 9. The minimum Gasteiger partial charge on any atom is -0.481 e. The first-order valence-electron chi connectivity index (χ1n) is 10.6. The highest BCUT2D eigenvalue weighted by molar-refractivity contribution is 7.80.